The summed E-state index contributed by atoms with van der Waals surface area (Å²) in [5.74, 6) is -7.46. The molecule has 1 aromatic carbocycles. The Labute approximate surface area is 450 Å². The number of ketones is 3. The Bertz CT molecular complexity index is 2200. The molecular weight excluding hydrogens is 932 g/mol. The summed E-state index contributed by atoms with van der Waals surface area (Å²) in [6, 6.07) is 6.62. The van der Waals surface area contributed by atoms with Crippen LogP contribution in [0.3, 0.4) is 0 Å². The Morgan fingerprint density at radius 1 is 0.875 bits per heavy atom. The maximum Gasteiger partial charge on any atom is 1.00 e. The van der Waals surface area contributed by atoms with Crippen molar-refractivity contribution in [2.24, 2.45) is 41.4 Å². The summed E-state index contributed by atoms with van der Waals surface area (Å²) in [7, 11) is 0. The van der Waals surface area contributed by atoms with Crippen molar-refractivity contribution in [3.8, 4) is 0 Å². The molecule has 396 valence electrons. The third-order valence-corrected chi connectivity index (χ3v) is 17.3. The molecule has 18 atom stereocenters. The number of hydrogen-bond donors (Lipinski definition) is 4. The number of ether oxygens (including phenoxy) is 5. The van der Waals surface area contributed by atoms with Gasteiger partial charge in [-0.3, -0.25) is 14.4 Å². The molecule has 0 saturated carbocycles. The van der Waals surface area contributed by atoms with Crippen molar-refractivity contribution in [1.82, 2.24) is 0 Å². The second-order valence-electron chi connectivity index (χ2n) is 22.4. The maximum absolute atomic E-state index is 14.4. The number of carbonyl (C=O) groups is 4. The van der Waals surface area contributed by atoms with Crippen LogP contribution < -0.4 is 34.7 Å². The molecule has 7 rings (SSSR count). The van der Waals surface area contributed by atoms with Crippen LogP contribution >= 0.6 is 0 Å². The molecule has 5 heterocycles. The van der Waals surface area contributed by atoms with Crippen molar-refractivity contribution < 1.29 is 98.0 Å². The molecule has 18 unspecified atom stereocenters. The molecule has 6 aliphatic rings. The summed E-state index contributed by atoms with van der Waals surface area (Å²) in [6.07, 6.45) is 7.33. The molecule has 0 bridgehead atoms. The van der Waals surface area contributed by atoms with E-state index in [1.165, 1.54) is 0 Å². The van der Waals surface area contributed by atoms with Gasteiger partial charge in [0, 0.05) is 58.7 Å². The standard InChI is InChI=1S/C42H70O11.C15H14O3.Na/c1-11-29(38(46)47)31-15-14-23(4)36(50-31)27(8)34(44)26(7)35(45)30(12-2)37-24(5)22-25(6)41(51-37)19-16-32(43)42(53-41)21-20-39(10,52-42)33-17-18-40(48,13-3)28(9)49-33;1-9(2)7-8-12-13(16)10-5-3-4-6-11(10)14(17)15(12)18;/h16,19,23-34,36-37,43-44,48H,11-15,17-18,20-22H2,1-10H3,(H,46,47);3-7,16H,8H2,1-2H3;/q;;+1/p-1. The van der Waals surface area contributed by atoms with Crippen molar-refractivity contribution in [3.05, 3.63) is 64.8 Å². The van der Waals surface area contributed by atoms with E-state index in [1.807, 2.05) is 61.5 Å². The second-order valence-corrected chi connectivity index (χ2v) is 22.4. The molecule has 4 saturated heterocycles. The van der Waals surface area contributed by atoms with Gasteiger partial charge in [-0.2, -0.15) is 0 Å². The number of Topliss-reactive ketones (excluding diaryl/α,β-unsaturated/α-hetero) is 3. The SMILES string of the molecule is CC(C)=CCC1=C(O)c2ccccc2C(=O)C1=O.CCC(C(=O)[O-])C1CCC(C)C(C(C)C(O)C(C)C(=O)C(CC)C2OC3(C=CC(O)C4(CCC(C)(C5CCC(O)(CC)C(C)O5)O4)O3)C(C)CC2C)O1.[Na+]. The normalized spacial score (nSPS) is 37.6. The second kappa shape index (κ2) is 24.2. The van der Waals surface area contributed by atoms with Crippen LogP contribution in [0.5, 0.6) is 0 Å². The molecule has 72 heavy (non-hydrogen) atoms. The number of aliphatic hydroxyl groups excluding tert-OH is 3. The number of fused-ring (bicyclic) bond motifs is 1. The molecular formula is C57H83NaO14. The van der Waals surface area contributed by atoms with Crippen LogP contribution in [0, 0.1) is 41.4 Å². The number of aliphatic hydroxyl groups is 4. The fourth-order valence-corrected chi connectivity index (χ4v) is 12.4. The minimum Gasteiger partial charge on any atom is -0.550 e. The summed E-state index contributed by atoms with van der Waals surface area (Å²) in [5.41, 5.74) is 0.303. The summed E-state index contributed by atoms with van der Waals surface area (Å²) in [5, 5.41) is 56.1. The van der Waals surface area contributed by atoms with Gasteiger partial charge in [-0.25, -0.2) is 0 Å². The zero-order valence-corrected chi connectivity index (χ0v) is 47.3. The molecule has 2 spiro atoms. The first kappa shape index (κ1) is 60.3. The summed E-state index contributed by atoms with van der Waals surface area (Å²) in [6.45, 7) is 23.3. The molecule has 14 nitrogen and oxygen atoms in total. The van der Waals surface area contributed by atoms with Gasteiger partial charge in [-0.05, 0) is 116 Å². The van der Waals surface area contributed by atoms with Gasteiger partial charge in [0.2, 0.25) is 17.4 Å². The number of carboxylic acid groups (broad SMARTS) is 1. The van der Waals surface area contributed by atoms with Crippen molar-refractivity contribution >= 4 is 29.1 Å². The van der Waals surface area contributed by atoms with E-state index in [0.29, 0.717) is 63.4 Å². The monoisotopic (exact) mass is 1010 g/mol. The number of rotatable bonds is 14. The Balaban J connectivity index is 0.000000425. The first-order chi connectivity index (χ1) is 33.3. The Morgan fingerprint density at radius 3 is 2.12 bits per heavy atom. The summed E-state index contributed by atoms with van der Waals surface area (Å²) < 4.78 is 33.4. The third kappa shape index (κ3) is 12.0. The van der Waals surface area contributed by atoms with E-state index in [9.17, 15) is 44.7 Å². The van der Waals surface area contributed by atoms with Crippen LogP contribution in [0.2, 0.25) is 0 Å². The van der Waals surface area contributed by atoms with Gasteiger partial charge in [0.15, 0.2) is 5.79 Å². The fourth-order valence-electron chi connectivity index (χ4n) is 12.4. The van der Waals surface area contributed by atoms with Gasteiger partial charge >= 0.3 is 29.6 Å². The zero-order valence-electron chi connectivity index (χ0n) is 45.3. The van der Waals surface area contributed by atoms with Gasteiger partial charge in [0.25, 0.3) is 0 Å². The number of benzene rings is 1. The molecule has 1 aliphatic carbocycles. The minimum atomic E-state index is -1.37. The van der Waals surface area contributed by atoms with E-state index in [4.69, 9.17) is 23.7 Å². The van der Waals surface area contributed by atoms with Crippen LogP contribution in [0.4, 0.5) is 0 Å². The number of allylic oxidation sites excluding steroid dienone is 3. The largest absolute Gasteiger partial charge is 1.00 e. The number of aliphatic carboxylic acids is 1. The third-order valence-electron chi connectivity index (χ3n) is 17.3. The number of carbonyl (C=O) groups excluding carboxylic acids is 4. The molecule has 0 radical (unpaired) electrons. The van der Waals surface area contributed by atoms with Crippen LogP contribution in [0.15, 0.2) is 53.6 Å². The van der Waals surface area contributed by atoms with E-state index < -0.39 is 94.5 Å². The molecule has 4 N–H and O–H groups in total. The van der Waals surface area contributed by atoms with Crippen molar-refractivity contribution in [3.63, 3.8) is 0 Å². The number of carboxylic acids is 1. The Morgan fingerprint density at radius 2 is 1.53 bits per heavy atom. The first-order valence-corrected chi connectivity index (χ1v) is 26.5. The minimum absolute atomic E-state index is 0. The Kier molecular flexibility index (Phi) is 20.2. The van der Waals surface area contributed by atoms with Gasteiger partial charge in [-0.15, -0.1) is 0 Å². The quantitative estimate of drug-likeness (QED) is 0.110. The van der Waals surface area contributed by atoms with Crippen molar-refractivity contribution in [2.75, 3.05) is 0 Å². The van der Waals surface area contributed by atoms with Crippen LogP contribution in [0.25, 0.3) is 5.76 Å². The van der Waals surface area contributed by atoms with Gasteiger partial charge in [0.05, 0.1) is 47.8 Å². The van der Waals surface area contributed by atoms with Crippen molar-refractivity contribution in [2.45, 2.75) is 219 Å². The average Bonchev–Trinajstić information content (AvgIpc) is 3.69. The van der Waals surface area contributed by atoms with Crippen LogP contribution in [-0.4, -0.2) is 109 Å². The summed E-state index contributed by atoms with van der Waals surface area (Å²) >= 11 is 0. The fraction of sp³-hybridized carbons (Fsp3) is 0.719. The predicted molar refractivity (Wildman–Crippen MR) is 265 cm³/mol. The van der Waals surface area contributed by atoms with E-state index in [0.717, 1.165) is 12.0 Å². The predicted octanol–water partition coefficient (Wildman–Crippen LogP) is 4.93. The average molecular weight is 1020 g/mol. The van der Waals surface area contributed by atoms with Gasteiger partial charge < -0.3 is 54.0 Å². The first-order valence-electron chi connectivity index (χ1n) is 26.5. The van der Waals surface area contributed by atoms with Gasteiger partial charge in [-0.1, -0.05) is 91.3 Å². The number of hydrogen-bond acceptors (Lipinski definition) is 14. The maximum atomic E-state index is 14.4. The van der Waals surface area contributed by atoms with E-state index in [2.05, 4.69) is 20.8 Å². The molecule has 0 aromatic heterocycles. The molecule has 15 heteroatoms. The van der Waals surface area contributed by atoms with Crippen LogP contribution in [0.1, 0.15) is 170 Å². The van der Waals surface area contributed by atoms with Gasteiger partial charge in [0.1, 0.15) is 17.6 Å². The van der Waals surface area contributed by atoms with E-state index >= 15 is 0 Å². The Hall–Kier alpha value is -2.60. The van der Waals surface area contributed by atoms with E-state index in [1.54, 1.807) is 43.3 Å². The summed E-state index contributed by atoms with van der Waals surface area (Å²) in [4.78, 5) is 50.1. The molecule has 4 fully saturated rings. The molecule has 1 aromatic rings. The molecule has 0 amide bonds. The smallest absolute Gasteiger partial charge is 0.550 e. The topological polar surface area (TPSA) is 218 Å². The van der Waals surface area contributed by atoms with E-state index in [-0.39, 0.29) is 88.6 Å². The molecule has 5 aliphatic heterocycles. The zero-order chi connectivity index (χ0) is 52.5. The van der Waals surface area contributed by atoms with Crippen molar-refractivity contribution in [1.29, 1.82) is 0 Å². The van der Waals surface area contributed by atoms with Crippen LogP contribution in [-0.2, 0) is 38.1 Å².